The Kier molecular flexibility index (Phi) is 1.82. The van der Waals surface area contributed by atoms with Gasteiger partial charge in [0.1, 0.15) is 10.7 Å². The molecule has 2 N–H and O–H groups in total. The van der Waals surface area contributed by atoms with E-state index < -0.39 is 0 Å². The molecule has 0 amide bonds. The van der Waals surface area contributed by atoms with Gasteiger partial charge in [-0.3, -0.25) is 0 Å². The van der Waals surface area contributed by atoms with Crippen LogP contribution in [0, 0.1) is 6.92 Å². The van der Waals surface area contributed by atoms with E-state index in [-0.39, 0.29) is 0 Å². The van der Waals surface area contributed by atoms with Crippen LogP contribution < -0.4 is 5.73 Å². The summed E-state index contributed by atoms with van der Waals surface area (Å²) in [5.74, 6) is 0. The molecular weight excluding hydrogens is 190 g/mol. The first-order chi connectivity index (χ1) is 5.75. The second kappa shape index (κ2) is 2.84. The van der Waals surface area contributed by atoms with E-state index in [0.29, 0.717) is 5.13 Å². The third-order valence-corrected chi connectivity index (χ3v) is 3.02. The number of nitrogen functional groups attached to an aromatic ring is 1. The van der Waals surface area contributed by atoms with Gasteiger partial charge >= 0.3 is 0 Å². The molecule has 0 bridgehead atoms. The van der Waals surface area contributed by atoms with E-state index in [1.165, 1.54) is 11.3 Å². The van der Waals surface area contributed by atoms with Crippen molar-refractivity contribution in [2.45, 2.75) is 6.92 Å². The van der Waals surface area contributed by atoms with Crippen LogP contribution >= 0.6 is 22.7 Å². The van der Waals surface area contributed by atoms with E-state index in [2.05, 4.69) is 9.97 Å². The number of aryl methyl sites for hydroxylation is 1. The predicted molar refractivity (Wildman–Crippen MR) is 52.4 cm³/mol. The van der Waals surface area contributed by atoms with E-state index in [4.69, 9.17) is 5.73 Å². The number of nitrogens with zero attached hydrogens (tertiary/aromatic N) is 2. The highest BCUT2D eigenvalue weighted by molar-refractivity contribution is 7.15. The molecule has 0 fully saturated rings. The first-order valence-corrected chi connectivity index (χ1v) is 5.15. The molecule has 0 aromatic carbocycles. The summed E-state index contributed by atoms with van der Waals surface area (Å²) in [6.45, 7) is 1.97. The highest BCUT2D eigenvalue weighted by Gasteiger charge is 2.05. The van der Waals surface area contributed by atoms with Crippen molar-refractivity contribution in [2.75, 3.05) is 5.73 Å². The Morgan fingerprint density at radius 2 is 2.08 bits per heavy atom. The van der Waals surface area contributed by atoms with Crippen LogP contribution in [-0.2, 0) is 0 Å². The summed E-state index contributed by atoms with van der Waals surface area (Å²) in [5, 5.41) is 5.47. The van der Waals surface area contributed by atoms with Gasteiger partial charge in [0, 0.05) is 16.5 Å². The van der Waals surface area contributed by atoms with E-state index in [9.17, 15) is 0 Å². The van der Waals surface area contributed by atoms with Crippen molar-refractivity contribution in [3.63, 3.8) is 0 Å². The summed E-state index contributed by atoms with van der Waals surface area (Å²) in [5.41, 5.74) is 7.42. The monoisotopic (exact) mass is 197 g/mol. The molecule has 62 valence electrons. The molecule has 0 radical (unpaired) electrons. The molecule has 12 heavy (non-hydrogen) atoms. The predicted octanol–water partition coefficient (Wildman–Crippen LogP) is 2.16. The van der Waals surface area contributed by atoms with Crippen molar-refractivity contribution in [2.24, 2.45) is 0 Å². The SMILES string of the molecule is Cc1csc(-c2csc(N)n2)n1. The quantitative estimate of drug-likeness (QED) is 0.762. The Labute approximate surface area is 77.9 Å². The van der Waals surface area contributed by atoms with Gasteiger partial charge < -0.3 is 5.73 Å². The van der Waals surface area contributed by atoms with Crippen LogP contribution in [0.3, 0.4) is 0 Å². The molecule has 2 aromatic rings. The Morgan fingerprint density at radius 1 is 1.25 bits per heavy atom. The molecule has 0 unspecified atom stereocenters. The van der Waals surface area contributed by atoms with E-state index in [0.717, 1.165) is 16.4 Å². The second-order valence-electron chi connectivity index (χ2n) is 2.37. The molecular formula is C7H7N3S2. The minimum Gasteiger partial charge on any atom is -0.375 e. The molecule has 0 aliphatic carbocycles. The van der Waals surface area contributed by atoms with Crippen LogP contribution in [-0.4, -0.2) is 9.97 Å². The lowest BCUT2D eigenvalue weighted by molar-refractivity contribution is 1.25. The van der Waals surface area contributed by atoms with Crippen molar-refractivity contribution in [1.82, 2.24) is 9.97 Å². The van der Waals surface area contributed by atoms with Gasteiger partial charge in [-0.2, -0.15) is 0 Å². The first kappa shape index (κ1) is 7.70. The van der Waals surface area contributed by atoms with Gasteiger partial charge in [0.05, 0.1) is 0 Å². The maximum absolute atomic E-state index is 5.51. The third kappa shape index (κ3) is 1.33. The zero-order chi connectivity index (χ0) is 8.55. The third-order valence-electron chi connectivity index (χ3n) is 1.36. The minimum atomic E-state index is 0.595. The van der Waals surface area contributed by atoms with Gasteiger partial charge in [-0.1, -0.05) is 0 Å². The number of nitrogens with two attached hydrogens (primary N) is 1. The second-order valence-corrected chi connectivity index (χ2v) is 4.11. The van der Waals surface area contributed by atoms with Crippen LogP contribution in [0.2, 0.25) is 0 Å². The Bertz CT molecular complexity index is 353. The first-order valence-electron chi connectivity index (χ1n) is 3.39. The molecule has 5 heteroatoms. The summed E-state index contributed by atoms with van der Waals surface area (Å²) in [6.07, 6.45) is 0. The van der Waals surface area contributed by atoms with Crippen molar-refractivity contribution >= 4 is 27.8 Å². The largest absolute Gasteiger partial charge is 0.375 e. The molecule has 2 heterocycles. The minimum absolute atomic E-state index is 0.595. The van der Waals surface area contributed by atoms with Gasteiger partial charge in [-0.15, -0.1) is 22.7 Å². The molecule has 0 aliphatic rings. The van der Waals surface area contributed by atoms with E-state index in [1.807, 2.05) is 17.7 Å². The Morgan fingerprint density at radius 3 is 2.58 bits per heavy atom. The highest BCUT2D eigenvalue weighted by atomic mass is 32.1. The van der Waals surface area contributed by atoms with Crippen LogP contribution in [0.1, 0.15) is 5.69 Å². The summed E-state index contributed by atoms with van der Waals surface area (Å²) in [7, 11) is 0. The number of hydrogen-bond acceptors (Lipinski definition) is 5. The molecule has 0 saturated carbocycles. The average Bonchev–Trinajstić information content (AvgIpc) is 2.58. The molecule has 0 saturated heterocycles. The van der Waals surface area contributed by atoms with E-state index in [1.54, 1.807) is 11.3 Å². The Hall–Kier alpha value is -0.940. The lowest BCUT2D eigenvalue weighted by Gasteiger charge is -1.84. The number of aromatic nitrogens is 2. The van der Waals surface area contributed by atoms with Gasteiger partial charge in [0.15, 0.2) is 5.13 Å². The maximum atomic E-state index is 5.51. The standard InChI is InChI=1S/C7H7N3S2/c1-4-2-11-6(9-4)5-3-12-7(8)10-5/h2-3H,1H3,(H2,8,10). The lowest BCUT2D eigenvalue weighted by atomic mass is 10.5. The molecule has 0 atom stereocenters. The number of thiazole rings is 2. The van der Waals surface area contributed by atoms with Crippen LogP contribution in [0.5, 0.6) is 0 Å². The van der Waals surface area contributed by atoms with Gasteiger partial charge in [-0.25, -0.2) is 9.97 Å². The normalized spacial score (nSPS) is 10.4. The highest BCUT2D eigenvalue weighted by Crippen LogP contribution is 2.25. The van der Waals surface area contributed by atoms with Gasteiger partial charge in [0.2, 0.25) is 0 Å². The van der Waals surface area contributed by atoms with Crippen LogP contribution in [0.15, 0.2) is 10.8 Å². The fourth-order valence-electron chi connectivity index (χ4n) is 0.857. The zero-order valence-electron chi connectivity index (χ0n) is 6.44. The van der Waals surface area contributed by atoms with Crippen molar-refractivity contribution < 1.29 is 0 Å². The number of hydrogen-bond donors (Lipinski definition) is 1. The van der Waals surface area contributed by atoms with Crippen LogP contribution in [0.4, 0.5) is 5.13 Å². The van der Waals surface area contributed by atoms with Gasteiger partial charge in [-0.05, 0) is 6.92 Å². The van der Waals surface area contributed by atoms with Crippen molar-refractivity contribution in [3.05, 3.63) is 16.5 Å². The number of rotatable bonds is 1. The van der Waals surface area contributed by atoms with Gasteiger partial charge in [0.25, 0.3) is 0 Å². The fraction of sp³-hybridized carbons (Fsp3) is 0.143. The zero-order valence-corrected chi connectivity index (χ0v) is 8.08. The fourth-order valence-corrected chi connectivity index (χ4v) is 2.24. The molecule has 3 nitrogen and oxygen atoms in total. The lowest BCUT2D eigenvalue weighted by Crippen LogP contribution is -1.82. The topological polar surface area (TPSA) is 51.8 Å². The molecule has 2 rings (SSSR count). The summed E-state index contributed by atoms with van der Waals surface area (Å²) in [6, 6.07) is 0. The van der Waals surface area contributed by atoms with Crippen molar-refractivity contribution in [3.8, 4) is 10.7 Å². The maximum Gasteiger partial charge on any atom is 0.180 e. The smallest absolute Gasteiger partial charge is 0.180 e. The number of anilines is 1. The molecule has 0 spiro atoms. The summed E-state index contributed by atoms with van der Waals surface area (Å²) < 4.78 is 0. The molecule has 2 aromatic heterocycles. The average molecular weight is 197 g/mol. The summed E-state index contributed by atoms with van der Waals surface area (Å²) in [4.78, 5) is 8.44. The van der Waals surface area contributed by atoms with E-state index >= 15 is 0 Å². The van der Waals surface area contributed by atoms with Crippen molar-refractivity contribution in [1.29, 1.82) is 0 Å². The summed E-state index contributed by atoms with van der Waals surface area (Å²) >= 11 is 3.04. The molecule has 0 aliphatic heterocycles. The Balaban J connectivity index is 2.43. The van der Waals surface area contributed by atoms with Crippen LogP contribution in [0.25, 0.3) is 10.7 Å².